The average Bonchev–Trinajstić information content (AvgIpc) is 2.03. The molecule has 0 aliphatic carbocycles. The Bertz CT molecular complexity index is 235. The summed E-state index contributed by atoms with van der Waals surface area (Å²) in [5, 5.41) is 8.40. The number of rotatable bonds is 3. The summed E-state index contributed by atoms with van der Waals surface area (Å²) in [6.07, 6.45) is 0. The molecule has 0 aromatic carbocycles. The molecule has 0 spiro atoms. The molecule has 0 fully saturated rings. The number of nitrogens with one attached hydrogen (secondary N) is 1. The highest BCUT2D eigenvalue weighted by Crippen LogP contribution is 1.95. The smallest absolute Gasteiger partial charge is 0.356 e. The Morgan fingerprint density at radius 3 is 2.25 bits per heavy atom. The molecule has 0 saturated carbocycles. The van der Waals surface area contributed by atoms with Crippen molar-refractivity contribution in [3.63, 3.8) is 0 Å². The molecule has 0 aromatic heterocycles. The van der Waals surface area contributed by atoms with Gasteiger partial charge in [0.15, 0.2) is 11.4 Å². The molecular formula is C5H9N3O4. The Kier molecular flexibility index (Phi) is 3.57. The summed E-state index contributed by atoms with van der Waals surface area (Å²) in [5.41, 5.74) is 5.66. The van der Waals surface area contributed by atoms with Crippen LogP contribution in [0.1, 0.15) is 0 Å². The van der Waals surface area contributed by atoms with Gasteiger partial charge < -0.3 is 21.0 Å². The van der Waals surface area contributed by atoms with E-state index in [2.05, 4.69) is 4.74 Å². The van der Waals surface area contributed by atoms with Crippen LogP contribution in [0, 0.1) is 0 Å². The van der Waals surface area contributed by atoms with Crippen LogP contribution < -0.4 is 17.0 Å². The molecule has 0 saturated heterocycles. The van der Waals surface area contributed by atoms with Gasteiger partial charge in [-0.3, -0.25) is 5.84 Å². The quantitative estimate of drug-likeness (QED) is 0.167. The number of hydrogen-bond donors (Lipinski definition) is 4. The van der Waals surface area contributed by atoms with Crippen LogP contribution in [0.2, 0.25) is 0 Å². The lowest BCUT2D eigenvalue weighted by atomic mass is 10.3. The number of carboxylic acid groups (broad SMARTS) is 1. The molecule has 0 aromatic rings. The summed E-state index contributed by atoms with van der Waals surface area (Å²) in [6, 6.07) is 0. The van der Waals surface area contributed by atoms with Crippen molar-refractivity contribution >= 4 is 11.9 Å². The predicted molar refractivity (Wildman–Crippen MR) is 38.2 cm³/mol. The van der Waals surface area contributed by atoms with Crippen molar-refractivity contribution in [3.8, 4) is 0 Å². The Morgan fingerprint density at radius 2 is 2.00 bits per heavy atom. The first kappa shape index (κ1) is 10.2. The van der Waals surface area contributed by atoms with Crippen molar-refractivity contribution in [1.82, 2.24) is 5.43 Å². The van der Waals surface area contributed by atoms with Crippen LogP contribution in [0.15, 0.2) is 11.4 Å². The van der Waals surface area contributed by atoms with Gasteiger partial charge in [-0.1, -0.05) is 0 Å². The van der Waals surface area contributed by atoms with Gasteiger partial charge in [0.05, 0.1) is 7.11 Å². The normalized spacial score (nSPS) is 11.5. The topological polar surface area (TPSA) is 128 Å². The van der Waals surface area contributed by atoms with E-state index >= 15 is 0 Å². The highest BCUT2D eigenvalue weighted by Gasteiger charge is 2.16. The number of hydrazine groups is 1. The summed E-state index contributed by atoms with van der Waals surface area (Å²) in [6.45, 7) is 0. The van der Waals surface area contributed by atoms with Gasteiger partial charge in [0.2, 0.25) is 0 Å². The molecule has 0 heterocycles. The molecule has 68 valence electrons. The van der Waals surface area contributed by atoms with Gasteiger partial charge in [0.25, 0.3) is 0 Å². The van der Waals surface area contributed by atoms with Crippen LogP contribution in [-0.2, 0) is 14.3 Å². The van der Waals surface area contributed by atoms with Crippen LogP contribution in [0.25, 0.3) is 0 Å². The van der Waals surface area contributed by atoms with Crippen molar-refractivity contribution < 1.29 is 19.4 Å². The molecule has 0 aliphatic heterocycles. The number of carbonyl (C=O) groups is 2. The van der Waals surface area contributed by atoms with Crippen molar-refractivity contribution in [2.24, 2.45) is 11.6 Å². The molecule has 0 aliphatic rings. The number of nitrogens with two attached hydrogens (primary N) is 2. The first-order valence-electron chi connectivity index (χ1n) is 2.82. The molecular weight excluding hydrogens is 166 g/mol. The molecule has 0 radical (unpaired) electrons. The minimum atomic E-state index is -1.43. The zero-order valence-electron chi connectivity index (χ0n) is 6.33. The molecule has 12 heavy (non-hydrogen) atoms. The lowest BCUT2D eigenvalue weighted by Gasteiger charge is -2.04. The van der Waals surface area contributed by atoms with Crippen LogP contribution in [-0.4, -0.2) is 24.2 Å². The maximum atomic E-state index is 10.7. The number of hydrogen-bond acceptors (Lipinski definition) is 6. The molecule has 7 nitrogen and oxygen atoms in total. The second kappa shape index (κ2) is 4.19. The van der Waals surface area contributed by atoms with E-state index < -0.39 is 23.3 Å². The van der Waals surface area contributed by atoms with Gasteiger partial charge in [-0.25, -0.2) is 9.59 Å². The summed E-state index contributed by atoms with van der Waals surface area (Å²) < 4.78 is 4.16. The molecule has 0 rings (SSSR count). The van der Waals surface area contributed by atoms with Crippen LogP contribution in [0.3, 0.4) is 0 Å². The van der Waals surface area contributed by atoms with E-state index in [0.717, 1.165) is 7.11 Å². The summed E-state index contributed by atoms with van der Waals surface area (Å²) >= 11 is 0. The van der Waals surface area contributed by atoms with E-state index in [-0.39, 0.29) is 0 Å². The van der Waals surface area contributed by atoms with E-state index in [1.807, 2.05) is 0 Å². The van der Waals surface area contributed by atoms with Gasteiger partial charge in [-0.15, -0.1) is 0 Å². The third-order valence-electron chi connectivity index (χ3n) is 1.03. The molecule has 6 N–H and O–H groups in total. The van der Waals surface area contributed by atoms with Crippen LogP contribution in [0.4, 0.5) is 0 Å². The second-order valence-corrected chi connectivity index (χ2v) is 1.73. The Labute approximate surface area is 67.9 Å². The number of carboxylic acids is 1. The fourth-order valence-electron chi connectivity index (χ4n) is 0.467. The third kappa shape index (κ3) is 2.13. The number of aliphatic carboxylic acids is 1. The summed E-state index contributed by atoms with van der Waals surface area (Å²) in [5.74, 6) is 2.41. The maximum Gasteiger partial charge on any atom is 0.356 e. The molecule has 0 amide bonds. The summed E-state index contributed by atoms with van der Waals surface area (Å²) in [4.78, 5) is 21.0. The van der Waals surface area contributed by atoms with Gasteiger partial charge in [-0.2, -0.15) is 0 Å². The SMILES string of the molecule is COC(=O)/C(N)=C(/NN)C(=O)O. The maximum absolute atomic E-state index is 10.7. The van der Waals surface area contributed by atoms with E-state index in [4.69, 9.17) is 16.7 Å². The average molecular weight is 175 g/mol. The Balaban J connectivity index is 4.84. The number of carbonyl (C=O) groups excluding carboxylic acids is 1. The van der Waals surface area contributed by atoms with Gasteiger partial charge >= 0.3 is 11.9 Å². The van der Waals surface area contributed by atoms with Gasteiger partial charge in [0, 0.05) is 0 Å². The molecule has 7 heteroatoms. The second-order valence-electron chi connectivity index (χ2n) is 1.73. The highest BCUT2D eigenvalue weighted by atomic mass is 16.5. The van der Waals surface area contributed by atoms with Crippen molar-refractivity contribution in [2.45, 2.75) is 0 Å². The highest BCUT2D eigenvalue weighted by molar-refractivity contribution is 5.98. The fraction of sp³-hybridized carbons (Fsp3) is 0.200. The van der Waals surface area contributed by atoms with Crippen molar-refractivity contribution in [2.75, 3.05) is 7.11 Å². The van der Waals surface area contributed by atoms with Crippen molar-refractivity contribution in [3.05, 3.63) is 11.4 Å². The zero-order chi connectivity index (χ0) is 9.72. The number of ether oxygens (including phenoxy) is 1. The minimum absolute atomic E-state index is 0.576. The van der Waals surface area contributed by atoms with Crippen LogP contribution >= 0.6 is 0 Å². The Morgan fingerprint density at radius 1 is 1.50 bits per heavy atom. The zero-order valence-corrected chi connectivity index (χ0v) is 6.33. The van der Waals surface area contributed by atoms with Gasteiger partial charge in [-0.05, 0) is 0 Å². The largest absolute Gasteiger partial charge is 0.476 e. The number of methoxy groups -OCH3 is 1. The van der Waals surface area contributed by atoms with E-state index in [1.165, 1.54) is 0 Å². The van der Waals surface area contributed by atoms with E-state index in [9.17, 15) is 9.59 Å². The molecule has 0 bridgehead atoms. The number of esters is 1. The van der Waals surface area contributed by atoms with Crippen molar-refractivity contribution in [1.29, 1.82) is 0 Å². The molecule has 0 unspecified atom stereocenters. The first-order valence-corrected chi connectivity index (χ1v) is 2.82. The predicted octanol–water partition coefficient (Wildman–Crippen LogP) is -2.12. The van der Waals surface area contributed by atoms with E-state index in [0.29, 0.717) is 0 Å². The first-order chi connectivity index (χ1) is 5.54. The Hall–Kier alpha value is -1.76. The third-order valence-corrected chi connectivity index (χ3v) is 1.03. The van der Waals surface area contributed by atoms with Gasteiger partial charge in [0.1, 0.15) is 0 Å². The lowest BCUT2D eigenvalue weighted by molar-refractivity contribution is -0.138. The standard InChI is InChI=1S/C5H9N3O4/c1-12-5(11)2(6)3(8-7)4(9)10/h8H,6-7H2,1H3,(H,9,10)/b3-2-. The lowest BCUT2D eigenvalue weighted by Crippen LogP contribution is -2.32. The fourth-order valence-corrected chi connectivity index (χ4v) is 0.467. The summed E-state index contributed by atoms with van der Waals surface area (Å²) in [7, 11) is 1.07. The monoisotopic (exact) mass is 175 g/mol. The van der Waals surface area contributed by atoms with Crippen LogP contribution in [0.5, 0.6) is 0 Å². The minimum Gasteiger partial charge on any atom is -0.476 e. The van der Waals surface area contributed by atoms with E-state index in [1.54, 1.807) is 5.43 Å². The molecule has 0 atom stereocenters.